The van der Waals surface area contributed by atoms with Gasteiger partial charge >= 0.3 is 0 Å². The number of benzene rings is 3. The number of ether oxygens (including phenoxy) is 1. The van der Waals surface area contributed by atoms with Gasteiger partial charge < -0.3 is 10.1 Å². The number of carbonyl (C=O) groups is 1. The molecular formula is C24H21N3O2. The highest BCUT2D eigenvalue weighted by Gasteiger charge is 2.19. The van der Waals surface area contributed by atoms with Gasteiger partial charge in [-0.15, -0.1) is 10.2 Å². The molecule has 5 heteroatoms. The van der Waals surface area contributed by atoms with Crippen LogP contribution in [-0.2, 0) is 0 Å². The highest BCUT2D eigenvalue weighted by atomic mass is 16.5. The van der Waals surface area contributed by atoms with Crippen molar-refractivity contribution in [3.63, 3.8) is 0 Å². The summed E-state index contributed by atoms with van der Waals surface area (Å²) in [6.07, 6.45) is 0. The zero-order valence-corrected chi connectivity index (χ0v) is 16.3. The second-order valence-corrected chi connectivity index (χ2v) is 6.72. The van der Waals surface area contributed by atoms with Crippen molar-refractivity contribution in [2.45, 2.75) is 13.8 Å². The van der Waals surface area contributed by atoms with E-state index in [1.807, 2.05) is 86.6 Å². The SMILES string of the molecule is CCOc1ccc(NC(=O)c2c(-c3ccc(C)cc3)nnc3ccccc23)cc1. The third kappa shape index (κ3) is 3.94. The molecule has 29 heavy (non-hydrogen) atoms. The Hall–Kier alpha value is -3.73. The Kier molecular flexibility index (Phi) is 5.20. The van der Waals surface area contributed by atoms with Crippen LogP contribution in [0.3, 0.4) is 0 Å². The molecule has 0 aliphatic carbocycles. The molecule has 0 unspecified atom stereocenters. The number of aromatic nitrogens is 2. The summed E-state index contributed by atoms with van der Waals surface area (Å²) in [7, 11) is 0. The largest absolute Gasteiger partial charge is 0.494 e. The average Bonchev–Trinajstić information content (AvgIpc) is 2.75. The van der Waals surface area contributed by atoms with E-state index in [-0.39, 0.29) is 5.91 Å². The van der Waals surface area contributed by atoms with Crippen LogP contribution in [0.25, 0.3) is 22.2 Å². The van der Waals surface area contributed by atoms with Gasteiger partial charge in [0.1, 0.15) is 11.4 Å². The lowest BCUT2D eigenvalue weighted by atomic mass is 10.0. The number of nitrogens with zero attached hydrogens (tertiary/aromatic N) is 2. The van der Waals surface area contributed by atoms with E-state index in [1.165, 1.54) is 0 Å². The van der Waals surface area contributed by atoms with E-state index >= 15 is 0 Å². The summed E-state index contributed by atoms with van der Waals surface area (Å²) in [5.41, 5.74) is 4.43. The van der Waals surface area contributed by atoms with Crippen molar-refractivity contribution >= 4 is 22.5 Å². The molecule has 0 radical (unpaired) electrons. The molecule has 4 aromatic rings. The summed E-state index contributed by atoms with van der Waals surface area (Å²) in [6, 6.07) is 22.8. The standard InChI is InChI=1S/C24H21N3O2/c1-3-29-19-14-12-18(13-15-19)25-24(28)22-20-6-4-5-7-21(20)26-27-23(22)17-10-8-16(2)9-11-17/h4-15H,3H2,1-2H3,(H,25,28). The van der Waals surface area contributed by atoms with Gasteiger partial charge in [0.05, 0.1) is 17.7 Å². The van der Waals surface area contributed by atoms with E-state index < -0.39 is 0 Å². The highest BCUT2D eigenvalue weighted by molar-refractivity contribution is 6.15. The van der Waals surface area contributed by atoms with E-state index in [9.17, 15) is 4.79 Å². The molecule has 1 aromatic heterocycles. The Morgan fingerprint density at radius 1 is 0.931 bits per heavy atom. The first-order valence-corrected chi connectivity index (χ1v) is 9.52. The second-order valence-electron chi connectivity index (χ2n) is 6.72. The molecule has 4 rings (SSSR count). The molecular weight excluding hydrogens is 362 g/mol. The number of hydrogen-bond acceptors (Lipinski definition) is 4. The van der Waals surface area contributed by atoms with Crippen LogP contribution in [0.1, 0.15) is 22.8 Å². The molecule has 1 heterocycles. The predicted octanol–water partition coefficient (Wildman–Crippen LogP) is 5.26. The van der Waals surface area contributed by atoms with Crippen LogP contribution >= 0.6 is 0 Å². The van der Waals surface area contributed by atoms with E-state index in [0.29, 0.717) is 29.1 Å². The molecule has 3 aromatic carbocycles. The van der Waals surface area contributed by atoms with E-state index in [1.54, 1.807) is 0 Å². The predicted molar refractivity (Wildman–Crippen MR) is 115 cm³/mol. The first-order chi connectivity index (χ1) is 14.2. The van der Waals surface area contributed by atoms with Crippen LogP contribution in [0.5, 0.6) is 5.75 Å². The molecule has 0 aliphatic heterocycles. The van der Waals surface area contributed by atoms with Gasteiger partial charge in [-0.05, 0) is 44.2 Å². The summed E-state index contributed by atoms with van der Waals surface area (Å²) in [4.78, 5) is 13.3. The lowest BCUT2D eigenvalue weighted by molar-refractivity contribution is 0.102. The highest BCUT2D eigenvalue weighted by Crippen LogP contribution is 2.28. The monoisotopic (exact) mass is 383 g/mol. The number of rotatable bonds is 5. The molecule has 0 fully saturated rings. The number of anilines is 1. The number of aryl methyl sites for hydroxylation is 1. The maximum absolute atomic E-state index is 13.3. The summed E-state index contributed by atoms with van der Waals surface area (Å²) in [5.74, 6) is 0.540. The van der Waals surface area contributed by atoms with E-state index in [4.69, 9.17) is 4.74 Å². The van der Waals surface area contributed by atoms with Crippen LogP contribution in [-0.4, -0.2) is 22.7 Å². The van der Waals surface area contributed by atoms with Crippen molar-refractivity contribution in [3.05, 3.63) is 83.9 Å². The smallest absolute Gasteiger partial charge is 0.258 e. The van der Waals surface area contributed by atoms with Crippen molar-refractivity contribution in [3.8, 4) is 17.0 Å². The van der Waals surface area contributed by atoms with Gasteiger partial charge in [0.15, 0.2) is 0 Å². The zero-order valence-electron chi connectivity index (χ0n) is 16.3. The van der Waals surface area contributed by atoms with Crippen molar-refractivity contribution < 1.29 is 9.53 Å². The third-order valence-corrected chi connectivity index (χ3v) is 4.64. The van der Waals surface area contributed by atoms with Crippen molar-refractivity contribution in [1.29, 1.82) is 0 Å². The number of nitrogens with one attached hydrogen (secondary N) is 1. The maximum atomic E-state index is 13.3. The molecule has 0 saturated carbocycles. The fraction of sp³-hybridized carbons (Fsp3) is 0.125. The summed E-state index contributed by atoms with van der Waals surface area (Å²) >= 11 is 0. The Morgan fingerprint density at radius 3 is 2.38 bits per heavy atom. The first-order valence-electron chi connectivity index (χ1n) is 9.52. The van der Waals surface area contributed by atoms with Gasteiger partial charge in [-0.2, -0.15) is 0 Å². The quantitative estimate of drug-likeness (QED) is 0.511. The van der Waals surface area contributed by atoms with E-state index in [0.717, 1.165) is 22.3 Å². The molecule has 0 spiro atoms. The van der Waals surface area contributed by atoms with Gasteiger partial charge in [0.2, 0.25) is 0 Å². The summed E-state index contributed by atoms with van der Waals surface area (Å²) in [6.45, 7) is 4.56. The van der Waals surface area contributed by atoms with Crippen molar-refractivity contribution in [2.24, 2.45) is 0 Å². The third-order valence-electron chi connectivity index (χ3n) is 4.64. The Bertz CT molecular complexity index is 1150. The molecule has 0 saturated heterocycles. The molecule has 0 bridgehead atoms. The van der Waals surface area contributed by atoms with Gasteiger partial charge in [-0.1, -0.05) is 48.0 Å². The number of hydrogen-bond donors (Lipinski definition) is 1. The molecule has 1 amide bonds. The van der Waals surface area contributed by atoms with Crippen LogP contribution in [0.2, 0.25) is 0 Å². The fourth-order valence-electron chi connectivity index (χ4n) is 3.19. The lowest BCUT2D eigenvalue weighted by Gasteiger charge is -2.12. The summed E-state index contributed by atoms with van der Waals surface area (Å²) in [5, 5.41) is 12.4. The van der Waals surface area contributed by atoms with E-state index in [2.05, 4.69) is 15.5 Å². The minimum absolute atomic E-state index is 0.226. The Morgan fingerprint density at radius 2 is 1.66 bits per heavy atom. The molecule has 0 aliphatic rings. The maximum Gasteiger partial charge on any atom is 0.258 e. The molecule has 5 nitrogen and oxygen atoms in total. The van der Waals surface area contributed by atoms with Gasteiger partial charge in [0.25, 0.3) is 5.91 Å². The van der Waals surface area contributed by atoms with Gasteiger partial charge in [-0.25, -0.2) is 0 Å². The fourth-order valence-corrected chi connectivity index (χ4v) is 3.19. The van der Waals surface area contributed by atoms with Crippen LogP contribution < -0.4 is 10.1 Å². The van der Waals surface area contributed by atoms with Crippen LogP contribution in [0, 0.1) is 6.92 Å². The van der Waals surface area contributed by atoms with Crippen LogP contribution in [0.15, 0.2) is 72.8 Å². The average molecular weight is 383 g/mol. The second kappa shape index (κ2) is 8.10. The van der Waals surface area contributed by atoms with Crippen LogP contribution in [0.4, 0.5) is 5.69 Å². The number of carbonyl (C=O) groups excluding carboxylic acids is 1. The summed E-state index contributed by atoms with van der Waals surface area (Å²) < 4.78 is 5.46. The molecule has 0 atom stereocenters. The van der Waals surface area contributed by atoms with Crippen molar-refractivity contribution in [2.75, 3.05) is 11.9 Å². The van der Waals surface area contributed by atoms with Gasteiger partial charge in [0, 0.05) is 16.6 Å². The molecule has 1 N–H and O–H groups in total. The Balaban J connectivity index is 1.76. The zero-order chi connectivity index (χ0) is 20.2. The number of amides is 1. The first kappa shape index (κ1) is 18.6. The topological polar surface area (TPSA) is 64.1 Å². The molecule has 144 valence electrons. The van der Waals surface area contributed by atoms with Crippen molar-refractivity contribution in [1.82, 2.24) is 10.2 Å². The normalized spacial score (nSPS) is 10.7. The van der Waals surface area contributed by atoms with Gasteiger partial charge in [-0.3, -0.25) is 4.79 Å². The number of fused-ring (bicyclic) bond motifs is 1. The minimum atomic E-state index is -0.226. The minimum Gasteiger partial charge on any atom is -0.494 e. The Labute approximate surface area is 169 Å². The lowest BCUT2D eigenvalue weighted by Crippen LogP contribution is -2.15.